The van der Waals surface area contributed by atoms with Gasteiger partial charge in [-0.25, -0.2) is 0 Å². The number of nitrogens with one attached hydrogen (secondary N) is 1. The van der Waals surface area contributed by atoms with Crippen LogP contribution in [0.4, 0.5) is 5.69 Å². The van der Waals surface area contributed by atoms with E-state index in [0.717, 1.165) is 30.6 Å². The van der Waals surface area contributed by atoms with Gasteiger partial charge in [-0.3, -0.25) is 14.5 Å². The summed E-state index contributed by atoms with van der Waals surface area (Å²) in [7, 11) is 1.41. The SMILES string of the molecule is COC(=O)[C@H]1CCCN(CC(=O)Nc2cccc(C)c2)C1. The van der Waals surface area contributed by atoms with Crippen LogP contribution in [0.15, 0.2) is 24.3 Å². The maximum absolute atomic E-state index is 12.1. The molecule has 0 saturated carbocycles. The van der Waals surface area contributed by atoms with Crippen molar-refractivity contribution in [2.75, 3.05) is 32.1 Å². The van der Waals surface area contributed by atoms with Crippen molar-refractivity contribution in [1.82, 2.24) is 4.90 Å². The summed E-state index contributed by atoms with van der Waals surface area (Å²) in [6.45, 7) is 3.73. The number of benzene rings is 1. The van der Waals surface area contributed by atoms with Crippen molar-refractivity contribution < 1.29 is 14.3 Å². The average molecular weight is 290 g/mol. The molecule has 1 heterocycles. The second kappa shape index (κ2) is 7.22. The molecule has 5 nitrogen and oxygen atoms in total. The lowest BCUT2D eigenvalue weighted by Gasteiger charge is -2.30. The molecule has 1 aliphatic heterocycles. The maximum Gasteiger partial charge on any atom is 0.309 e. The summed E-state index contributed by atoms with van der Waals surface area (Å²) in [6.07, 6.45) is 1.75. The predicted octanol–water partition coefficient (Wildman–Crippen LogP) is 1.82. The van der Waals surface area contributed by atoms with Crippen molar-refractivity contribution in [1.29, 1.82) is 0 Å². The molecule has 0 bridgehead atoms. The summed E-state index contributed by atoms with van der Waals surface area (Å²) >= 11 is 0. The van der Waals surface area contributed by atoms with Crippen LogP contribution in [0, 0.1) is 12.8 Å². The molecule has 2 rings (SSSR count). The van der Waals surface area contributed by atoms with E-state index in [0.29, 0.717) is 13.1 Å². The Morgan fingerprint density at radius 2 is 2.24 bits per heavy atom. The zero-order valence-electron chi connectivity index (χ0n) is 12.6. The summed E-state index contributed by atoms with van der Waals surface area (Å²) in [5, 5.41) is 2.89. The number of ether oxygens (including phenoxy) is 1. The molecule has 0 spiro atoms. The number of hydrogen-bond acceptors (Lipinski definition) is 4. The lowest BCUT2D eigenvalue weighted by Crippen LogP contribution is -2.42. The molecule has 1 atom stereocenters. The van der Waals surface area contributed by atoms with Gasteiger partial charge in [0, 0.05) is 12.2 Å². The van der Waals surface area contributed by atoms with Crippen molar-refractivity contribution in [3.63, 3.8) is 0 Å². The Bertz CT molecular complexity index is 516. The Balaban J connectivity index is 1.86. The minimum atomic E-state index is -0.182. The Kier molecular flexibility index (Phi) is 5.33. The van der Waals surface area contributed by atoms with E-state index < -0.39 is 0 Å². The molecule has 21 heavy (non-hydrogen) atoms. The molecule has 1 aromatic carbocycles. The number of nitrogens with zero attached hydrogens (tertiary/aromatic N) is 1. The van der Waals surface area contributed by atoms with Gasteiger partial charge in [0.25, 0.3) is 0 Å². The highest BCUT2D eigenvalue weighted by atomic mass is 16.5. The van der Waals surface area contributed by atoms with E-state index in [4.69, 9.17) is 4.74 Å². The molecule has 5 heteroatoms. The summed E-state index contributed by atoms with van der Waals surface area (Å²) in [6, 6.07) is 7.71. The van der Waals surface area contributed by atoms with Crippen LogP contribution in [-0.2, 0) is 14.3 Å². The summed E-state index contributed by atoms with van der Waals surface area (Å²) in [5.41, 5.74) is 1.91. The van der Waals surface area contributed by atoms with Gasteiger partial charge in [-0.15, -0.1) is 0 Å². The first-order valence-electron chi connectivity index (χ1n) is 7.25. The average Bonchev–Trinajstić information content (AvgIpc) is 2.46. The van der Waals surface area contributed by atoms with Gasteiger partial charge in [0.05, 0.1) is 19.6 Å². The number of hydrogen-bond donors (Lipinski definition) is 1. The molecule has 1 fully saturated rings. The molecule has 0 unspecified atom stereocenters. The van der Waals surface area contributed by atoms with Gasteiger partial charge in [-0.1, -0.05) is 12.1 Å². The number of rotatable bonds is 4. The van der Waals surface area contributed by atoms with Crippen molar-refractivity contribution in [2.24, 2.45) is 5.92 Å². The molecule has 1 N–H and O–H groups in total. The summed E-state index contributed by atoms with van der Waals surface area (Å²) in [4.78, 5) is 25.7. The highest BCUT2D eigenvalue weighted by molar-refractivity contribution is 5.92. The first kappa shape index (κ1) is 15.5. The first-order chi connectivity index (χ1) is 10.1. The van der Waals surface area contributed by atoms with E-state index in [9.17, 15) is 9.59 Å². The number of amides is 1. The first-order valence-corrected chi connectivity index (χ1v) is 7.25. The molecule has 1 amide bonds. The third kappa shape index (κ3) is 4.56. The normalized spacial score (nSPS) is 19.0. The number of likely N-dealkylation sites (tertiary alicyclic amines) is 1. The predicted molar refractivity (Wildman–Crippen MR) is 81.0 cm³/mol. The molecular formula is C16H22N2O3. The standard InChI is InChI=1S/C16H22N2O3/c1-12-5-3-7-14(9-12)17-15(19)11-18-8-4-6-13(10-18)16(20)21-2/h3,5,7,9,13H,4,6,8,10-11H2,1-2H3,(H,17,19)/t13-/m0/s1. The number of piperidine rings is 1. The van der Waals surface area contributed by atoms with Crippen LogP contribution >= 0.6 is 0 Å². The third-order valence-corrected chi connectivity index (χ3v) is 3.71. The fraction of sp³-hybridized carbons (Fsp3) is 0.500. The van der Waals surface area contributed by atoms with Gasteiger partial charge < -0.3 is 10.1 Å². The molecule has 1 aromatic rings. The largest absolute Gasteiger partial charge is 0.469 e. The van der Waals surface area contributed by atoms with Crippen LogP contribution in [0.2, 0.25) is 0 Å². The second-order valence-electron chi connectivity index (χ2n) is 5.52. The minimum Gasteiger partial charge on any atom is -0.469 e. The Hall–Kier alpha value is -1.88. The van der Waals surface area contributed by atoms with Crippen LogP contribution in [0.1, 0.15) is 18.4 Å². The lowest BCUT2D eigenvalue weighted by molar-refractivity contribution is -0.147. The Labute approximate surface area is 125 Å². The van der Waals surface area contributed by atoms with E-state index in [2.05, 4.69) is 5.32 Å². The van der Waals surface area contributed by atoms with Gasteiger partial charge in [-0.05, 0) is 44.0 Å². The van der Waals surface area contributed by atoms with Crippen LogP contribution < -0.4 is 5.32 Å². The van der Waals surface area contributed by atoms with Crippen molar-refractivity contribution >= 4 is 17.6 Å². The fourth-order valence-corrected chi connectivity index (χ4v) is 2.68. The van der Waals surface area contributed by atoms with E-state index in [1.54, 1.807) is 0 Å². The van der Waals surface area contributed by atoms with Gasteiger partial charge >= 0.3 is 5.97 Å². The highest BCUT2D eigenvalue weighted by Gasteiger charge is 2.27. The van der Waals surface area contributed by atoms with Gasteiger partial charge in [0.15, 0.2) is 0 Å². The van der Waals surface area contributed by atoms with Crippen LogP contribution in [0.25, 0.3) is 0 Å². The number of anilines is 1. The molecule has 1 aliphatic rings. The smallest absolute Gasteiger partial charge is 0.309 e. The molecular weight excluding hydrogens is 268 g/mol. The third-order valence-electron chi connectivity index (χ3n) is 3.71. The number of esters is 1. The van der Waals surface area contributed by atoms with E-state index in [-0.39, 0.29) is 17.8 Å². The number of carbonyl (C=O) groups is 2. The fourth-order valence-electron chi connectivity index (χ4n) is 2.68. The lowest BCUT2D eigenvalue weighted by atomic mass is 9.98. The van der Waals surface area contributed by atoms with E-state index in [1.165, 1.54) is 7.11 Å². The summed E-state index contributed by atoms with van der Waals surface area (Å²) < 4.78 is 4.79. The van der Waals surface area contributed by atoms with E-state index in [1.807, 2.05) is 36.1 Å². The van der Waals surface area contributed by atoms with Crippen molar-refractivity contribution in [2.45, 2.75) is 19.8 Å². The van der Waals surface area contributed by atoms with Crippen LogP contribution in [0.3, 0.4) is 0 Å². The molecule has 0 aliphatic carbocycles. The zero-order valence-corrected chi connectivity index (χ0v) is 12.6. The van der Waals surface area contributed by atoms with E-state index >= 15 is 0 Å². The monoisotopic (exact) mass is 290 g/mol. The highest BCUT2D eigenvalue weighted by Crippen LogP contribution is 2.17. The molecule has 1 saturated heterocycles. The Morgan fingerprint density at radius 3 is 2.95 bits per heavy atom. The van der Waals surface area contributed by atoms with Crippen LogP contribution in [-0.4, -0.2) is 43.5 Å². The van der Waals surface area contributed by atoms with Gasteiger partial charge in [0.1, 0.15) is 0 Å². The summed E-state index contributed by atoms with van der Waals surface area (Å²) in [5.74, 6) is -0.347. The Morgan fingerprint density at radius 1 is 1.43 bits per heavy atom. The molecule has 0 radical (unpaired) electrons. The van der Waals surface area contributed by atoms with Crippen LogP contribution in [0.5, 0.6) is 0 Å². The molecule has 0 aromatic heterocycles. The van der Waals surface area contributed by atoms with Crippen molar-refractivity contribution in [3.8, 4) is 0 Å². The number of carbonyl (C=O) groups excluding carboxylic acids is 2. The molecule has 114 valence electrons. The van der Waals surface area contributed by atoms with Crippen molar-refractivity contribution in [3.05, 3.63) is 29.8 Å². The zero-order chi connectivity index (χ0) is 15.2. The maximum atomic E-state index is 12.1. The number of methoxy groups -OCH3 is 1. The quantitative estimate of drug-likeness (QED) is 0.859. The topological polar surface area (TPSA) is 58.6 Å². The number of aryl methyl sites for hydroxylation is 1. The second-order valence-corrected chi connectivity index (χ2v) is 5.52. The minimum absolute atomic E-state index is 0.0499. The van der Waals surface area contributed by atoms with Gasteiger partial charge in [-0.2, -0.15) is 0 Å². The van der Waals surface area contributed by atoms with Gasteiger partial charge in [0.2, 0.25) is 5.91 Å².